The summed E-state index contributed by atoms with van der Waals surface area (Å²) in [6.45, 7) is 1.99. The molecular weight excluding hydrogens is 384 g/mol. The first kappa shape index (κ1) is 18.8. The highest BCUT2D eigenvalue weighted by molar-refractivity contribution is 5.93. The second-order valence-corrected chi connectivity index (χ2v) is 8.05. The number of hydrogen-bond donors (Lipinski definition) is 1. The number of rotatable bonds is 5. The summed E-state index contributed by atoms with van der Waals surface area (Å²) in [6.07, 6.45) is 6.80. The summed E-state index contributed by atoms with van der Waals surface area (Å²) in [5.74, 6) is 1.43. The van der Waals surface area contributed by atoms with Crippen molar-refractivity contribution in [3.63, 3.8) is 0 Å². The minimum Gasteiger partial charge on any atom is -0.481 e. The average Bonchev–Trinajstić information content (AvgIpc) is 3.46. The monoisotopic (exact) mass is 406 g/mol. The number of amides is 1. The number of methoxy groups -OCH3 is 1. The summed E-state index contributed by atoms with van der Waals surface area (Å²) in [4.78, 5) is 27.3. The quantitative estimate of drug-likeness (QED) is 0.787. The van der Waals surface area contributed by atoms with Gasteiger partial charge in [0.05, 0.1) is 24.4 Å². The minimum atomic E-state index is -0.230. The highest BCUT2D eigenvalue weighted by atomic mass is 16.5. The van der Waals surface area contributed by atoms with Crippen LogP contribution in [0.25, 0.3) is 0 Å². The third kappa shape index (κ3) is 2.95. The van der Waals surface area contributed by atoms with E-state index in [2.05, 4.69) is 31.2 Å². The van der Waals surface area contributed by atoms with Crippen LogP contribution in [0.5, 0.6) is 5.88 Å². The Morgan fingerprint density at radius 1 is 1.40 bits per heavy atom. The number of pyridine rings is 1. The maximum Gasteiger partial charge on any atom is 0.252 e. The fraction of sp³-hybridized carbons (Fsp3) is 0.476. The number of fused-ring (bicyclic) bond motifs is 1. The highest BCUT2D eigenvalue weighted by Crippen LogP contribution is 2.55. The average molecular weight is 406 g/mol. The fourth-order valence-electron chi connectivity index (χ4n) is 5.21. The third-order valence-electron chi connectivity index (χ3n) is 6.57. The van der Waals surface area contributed by atoms with Crippen molar-refractivity contribution >= 4 is 11.7 Å². The first-order chi connectivity index (χ1) is 14.6. The predicted molar refractivity (Wildman–Crippen MR) is 106 cm³/mol. The summed E-state index contributed by atoms with van der Waals surface area (Å²) in [5, 5.41) is 12.4. The second-order valence-electron chi connectivity index (χ2n) is 8.05. The van der Waals surface area contributed by atoms with E-state index in [1.807, 2.05) is 0 Å². The molecule has 2 bridgehead atoms. The molecule has 1 spiro atoms. The Morgan fingerprint density at radius 2 is 2.27 bits per heavy atom. The van der Waals surface area contributed by atoms with Crippen molar-refractivity contribution in [1.29, 1.82) is 5.26 Å². The molecule has 9 heteroatoms. The maximum atomic E-state index is 12.6. The van der Waals surface area contributed by atoms with Gasteiger partial charge in [-0.3, -0.25) is 4.79 Å². The van der Waals surface area contributed by atoms with E-state index in [0.717, 1.165) is 19.4 Å². The van der Waals surface area contributed by atoms with Gasteiger partial charge in [0.2, 0.25) is 5.88 Å². The molecule has 30 heavy (non-hydrogen) atoms. The van der Waals surface area contributed by atoms with Gasteiger partial charge in [0.1, 0.15) is 6.07 Å². The van der Waals surface area contributed by atoms with Crippen molar-refractivity contribution in [1.82, 2.24) is 20.3 Å². The molecule has 5 rings (SSSR count). The molecule has 0 aliphatic carbocycles. The van der Waals surface area contributed by atoms with Crippen LogP contribution in [0.15, 0.2) is 30.7 Å². The topological polar surface area (TPSA) is 113 Å². The highest BCUT2D eigenvalue weighted by Gasteiger charge is 2.63. The van der Waals surface area contributed by atoms with Gasteiger partial charge in [-0.05, 0) is 18.9 Å². The first-order valence-electron chi connectivity index (χ1n) is 10.1. The largest absolute Gasteiger partial charge is 0.481 e. The minimum absolute atomic E-state index is 0.155. The molecular formula is C21H22N6O3. The van der Waals surface area contributed by atoms with Gasteiger partial charge in [0, 0.05) is 56.1 Å². The summed E-state index contributed by atoms with van der Waals surface area (Å²) in [5.41, 5.74) is 0.604. The van der Waals surface area contributed by atoms with Crippen LogP contribution in [0.3, 0.4) is 0 Å². The summed E-state index contributed by atoms with van der Waals surface area (Å²) >= 11 is 0. The number of carbonyl (C=O) groups excluding carboxylic acids is 1. The zero-order valence-corrected chi connectivity index (χ0v) is 16.6. The molecule has 154 valence electrons. The number of nitriles is 1. The predicted octanol–water partition coefficient (Wildman–Crippen LogP) is 1.17. The molecule has 1 N–H and O–H groups in total. The van der Waals surface area contributed by atoms with Crippen molar-refractivity contribution in [2.24, 2.45) is 11.8 Å². The van der Waals surface area contributed by atoms with Crippen LogP contribution in [0, 0.1) is 23.2 Å². The second kappa shape index (κ2) is 7.22. The van der Waals surface area contributed by atoms with Crippen LogP contribution in [0.2, 0.25) is 0 Å². The van der Waals surface area contributed by atoms with E-state index in [1.54, 1.807) is 25.4 Å². The van der Waals surface area contributed by atoms with E-state index in [9.17, 15) is 10.1 Å². The molecule has 2 aromatic heterocycles. The van der Waals surface area contributed by atoms with Crippen molar-refractivity contribution in [3.05, 3.63) is 42.0 Å². The standard InChI is InChI=1S/C21H22N6O3/c1-29-18-3-2-13(9-25-18)20(28)26-10-14-15-11-27(12-21(15)5-4-17(14)30-21)19-16(8-22)23-6-7-24-19/h2-3,6-7,9,14-15,17H,4-5,10-12H2,1H3,(H,26,28)/t14-,15+,17+,21+/m0/s1. The van der Waals surface area contributed by atoms with Crippen molar-refractivity contribution < 1.29 is 14.3 Å². The van der Waals surface area contributed by atoms with E-state index < -0.39 is 0 Å². The van der Waals surface area contributed by atoms with E-state index in [0.29, 0.717) is 36.0 Å². The number of anilines is 1. The van der Waals surface area contributed by atoms with Gasteiger partial charge < -0.3 is 19.7 Å². The Morgan fingerprint density at radius 3 is 3.03 bits per heavy atom. The van der Waals surface area contributed by atoms with Crippen LogP contribution in [-0.2, 0) is 4.74 Å². The van der Waals surface area contributed by atoms with Gasteiger partial charge in [-0.25, -0.2) is 15.0 Å². The van der Waals surface area contributed by atoms with E-state index in [1.165, 1.54) is 12.4 Å². The number of ether oxygens (including phenoxy) is 2. The number of carbonyl (C=O) groups is 1. The van der Waals surface area contributed by atoms with Gasteiger partial charge in [0.15, 0.2) is 11.5 Å². The van der Waals surface area contributed by atoms with Gasteiger partial charge in [0.25, 0.3) is 5.91 Å². The third-order valence-corrected chi connectivity index (χ3v) is 6.57. The number of aromatic nitrogens is 3. The maximum absolute atomic E-state index is 12.6. The number of nitrogens with zero attached hydrogens (tertiary/aromatic N) is 5. The normalized spacial score (nSPS) is 28.8. The van der Waals surface area contributed by atoms with Crippen molar-refractivity contribution in [2.45, 2.75) is 24.5 Å². The van der Waals surface area contributed by atoms with Gasteiger partial charge in [-0.15, -0.1) is 0 Å². The van der Waals surface area contributed by atoms with Crippen LogP contribution >= 0.6 is 0 Å². The lowest BCUT2D eigenvalue weighted by Crippen LogP contribution is -2.41. The Labute approximate surface area is 174 Å². The Balaban J connectivity index is 1.29. The molecule has 0 saturated carbocycles. The molecule has 3 aliphatic heterocycles. The Hall–Kier alpha value is -3.25. The molecule has 2 aromatic rings. The Kier molecular flexibility index (Phi) is 4.51. The summed E-state index contributed by atoms with van der Waals surface area (Å²) in [7, 11) is 1.54. The van der Waals surface area contributed by atoms with Gasteiger partial charge >= 0.3 is 0 Å². The lowest BCUT2D eigenvalue weighted by molar-refractivity contribution is 0.0141. The molecule has 0 radical (unpaired) electrons. The smallest absolute Gasteiger partial charge is 0.252 e. The SMILES string of the molecule is COc1ccc(C(=O)NC[C@H]2[C@H]3CN(c4nccnc4C#N)C[C@]34CC[C@H]2O4)cn1. The molecule has 4 atom stereocenters. The van der Waals surface area contributed by atoms with E-state index in [4.69, 9.17) is 9.47 Å². The molecule has 9 nitrogen and oxygen atoms in total. The van der Waals surface area contributed by atoms with E-state index >= 15 is 0 Å². The van der Waals surface area contributed by atoms with Crippen LogP contribution in [0.1, 0.15) is 28.9 Å². The lowest BCUT2D eigenvalue weighted by Gasteiger charge is -2.29. The first-order valence-corrected chi connectivity index (χ1v) is 10.1. The number of nitrogens with one attached hydrogen (secondary N) is 1. The molecule has 0 aromatic carbocycles. The molecule has 3 fully saturated rings. The molecule has 1 amide bonds. The Bertz CT molecular complexity index is 1010. The van der Waals surface area contributed by atoms with E-state index in [-0.39, 0.29) is 29.4 Å². The summed E-state index contributed by atoms with van der Waals surface area (Å²) < 4.78 is 11.5. The van der Waals surface area contributed by atoms with Gasteiger partial charge in [-0.1, -0.05) is 0 Å². The van der Waals surface area contributed by atoms with Crippen LogP contribution in [0.4, 0.5) is 5.82 Å². The van der Waals surface area contributed by atoms with Crippen molar-refractivity contribution in [3.8, 4) is 11.9 Å². The van der Waals surface area contributed by atoms with Crippen LogP contribution < -0.4 is 15.0 Å². The molecule has 0 unspecified atom stereocenters. The zero-order chi connectivity index (χ0) is 20.7. The number of hydrogen-bond acceptors (Lipinski definition) is 8. The van der Waals surface area contributed by atoms with Gasteiger partial charge in [-0.2, -0.15) is 5.26 Å². The molecule has 3 saturated heterocycles. The van der Waals surface area contributed by atoms with Crippen molar-refractivity contribution in [2.75, 3.05) is 31.6 Å². The molecule has 3 aliphatic rings. The fourth-order valence-corrected chi connectivity index (χ4v) is 5.21. The lowest BCUT2D eigenvalue weighted by atomic mass is 9.73. The molecule has 5 heterocycles. The summed E-state index contributed by atoms with van der Waals surface area (Å²) in [6, 6.07) is 5.51. The zero-order valence-electron chi connectivity index (χ0n) is 16.6. The van der Waals surface area contributed by atoms with Crippen LogP contribution in [-0.4, -0.2) is 59.3 Å².